The number of hydrogen-bond donors (Lipinski definition) is 2. The van der Waals surface area contributed by atoms with Crippen molar-refractivity contribution in [1.82, 2.24) is 4.72 Å². The van der Waals surface area contributed by atoms with Crippen molar-refractivity contribution in [2.24, 2.45) is 0 Å². The number of nitrogens with one attached hydrogen (secondary N) is 2. The number of rotatable bonds is 5. The Labute approximate surface area is 142 Å². The molecule has 0 fully saturated rings. The highest BCUT2D eigenvalue weighted by Crippen LogP contribution is 2.29. The second-order valence-electron chi connectivity index (χ2n) is 5.23. The summed E-state index contributed by atoms with van der Waals surface area (Å²) in [7, 11) is -3.90. The van der Waals surface area contributed by atoms with E-state index in [2.05, 4.69) is 10.0 Å². The van der Waals surface area contributed by atoms with Crippen LogP contribution in [0.5, 0.6) is 0 Å². The first-order valence-corrected chi connectivity index (χ1v) is 8.60. The molecule has 134 valence electrons. The Morgan fingerprint density at radius 3 is 2.28 bits per heavy atom. The van der Waals surface area contributed by atoms with Gasteiger partial charge in [0.05, 0.1) is 10.5 Å². The molecule has 0 saturated carbocycles. The number of benzene rings is 2. The topological polar surface area (TPSA) is 75.3 Å². The molecule has 1 amide bonds. The SMILES string of the molecule is CC(=O)Nc1ccc(S(=O)(=O)NCc2cccc(C(F)(F)F)c2)cc1. The van der Waals surface area contributed by atoms with Crippen LogP contribution in [0.25, 0.3) is 0 Å². The maximum absolute atomic E-state index is 12.7. The summed E-state index contributed by atoms with van der Waals surface area (Å²) in [4.78, 5) is 10.9. The average Bonchev–Trinajstić information content (AvgIpc) is 2.52. The highest BCUT2D eigenvalue weighted by molar-refractivity contribution is 7.89. The third kappa shape index (κ3) is 5.30. The second kappa shape index (κ2) is 7.24. The van der Waals surface area contributed by atoms with Gasteiger partial charge in [-0.1, -0.05) is 18.2 Å². The predicted octanol–water partition coefficient (Wildman–Crippen LogP) is 3.14. The van der Waals surface area contributed by atoms with Crippen LogP contribution in [0.15, 0.2) is 53.4 Å². The van der Waals surface area contributed by atoms with Gasteiger partial charge in [0, 0.05) is 19.2 Å². The fraction of sp³-hybridized carbons (Fsp3) is 0.188. The summed E-state index contributed by atoms with van der Waals surface area (Å²) in [5.74, 6) is -0.293. The third-order valence-corrected chi connectivity index (χ3v) is 4.62. The number of alkyl halides is 3. The van der Waals surface area contributed by atoms with Crippen LogP contribution in [-0.4, -0.2) is 14.3 Å². The molecule has 9 heteroatoms. The van der Waals surface area contributed by atoms with Crippen molar-refractivity contribution >= 4 is 21.6 Å². The summed E-state index contributed by atoms with van der Waals surface area (Å²) in [5.41, 5.74) is -0.221. The van der Waals surface area contributed by atoms with Crippen molar-refractivity contribution in [3.8, 4) is 0 Å². The molecule has 2 aromatic rings. The van der Waals surface area contributed by atoms with Gasteiger partial charge in [-0.2, -0.15) is 13.2 Å². The summed E-state index contributed by atoms with van der Waals surface area (Å²) < 4.78 is 64.6. The van der Waals surface area contributed by atoms with Gasteiger partial charge in [-0.3, -0.25) is 4.79 Å². The fourth-order valence-electron chi connectivity index (χ4n) is 2.04. The summed E-state index contributed by atoms with van der Waals surface area (Å²) in [6.07, 6.45) is -4.49. The molecular weight excluding hydrogens is 357 g/mol. The van der Waals surface area contributed by atoms with E-state index >= 15 is 0 Å². The number of sulfonamides is 1. The number of amides is 1. The zero-order valence-corrected chi connectivity index (χ0v) is 13.9. The van der Waals surface area contributed by atoms with Gasteiger partial charge in [0.2, 0.25) is 15.9 Å². The van der Waals surface area contributed by atoms with Gasteiger partial charge >= 0.3 is 6.18 Å². The minimum absolute atomic E-state index is 0.0615. The lowest BCUT2D eigenvalue weighted by molar-refractivity contribution is -0.137. The van der Waals surface area contributed by atoms with E-state index in [9.17, 15) is 26.4 Å². The van der Waals surface area contributed by atoms with Crippen LogP contribution in [0.3, 0.4) is 0 Å². The number of hydrogen-bond acceptors (Lipinski definition) is 3. The molecule has 0 aromatic heterocycles. The lowest BCUT2D eigenvalue weighted by Gasteiger charge is -2.10. The molecule has 0 aliphatic rings. The van der Waals surface area contributed by atoms with Gasteiger partial charge in [0.1, 0.15) is 0 Å². The predicted molar refractivity (Wildman–Crippen MR) is 86.2 cm³/mol. The maximum atomic E-state index is 12.7. The molecule has 0 aliphatic carbocycles. The smallest absolute Gasteiger partial charge is 0.326 e. The molecule has 0 atom stereocenters. The van der Waals surface area contributed by atoms with Gasteiger partial charge in [0.15, 0.2) is 0 Å². The van der Waals surface area contributed by atoms with Crippen molar-refractivity contribution < 1.29 is 26.4 Å². The largest absolute Gasteiger partial charge is 0.416 e. The molecule has 0 saturated heterocycles. The van der Waals surface area contributed by atoms with Crippen molar-refractivity contribution in [3.05, 3.63) is 59.7 Å². The molecule has 5 nitrogen and oxygen atoms in total. The van der Waals surface area contributed by atoms with E-state index in [1.807, 2.05) is 0 Å². The van der Waals surface area contributed by atoms with E-state index in [0.717, 1.165) is 12.1 Å². The Bertz CT molecular complexity index is 863. The summed E-state index contributed by atoms with van der Waals surface area (Å²) >= 11 is 0. The van der Waals surface area contributed by atoms with Crippen molar-refractivity contribution in [2.75, 3.05) is 5.32 Å². The lowest BCUT2D eigenvalue weighted by atomic mass is 10.1. The van der Waals surface area contributed by atoms with Crippen LogP contribution in [0.1, 0.15) is 18.1 Å². The molecule has 2 aromatic carbocycles. The second-order valence-corrected chi connectivity index (χ2v) is 7.00. The fourth-order valence-corrected chi connectivity index (χ4v) is 3.06. The molecule has 0 aliphatic heterocycles. The van der Waals surface area contributed by atoms with Crippen LogP contribution in [0.2, 0.25) is 0 Å². The lowest BCUT2D eigenvalue weighted by Crippen LogP contribution is -2.23. The molecule has 2 N–H and O–H groups in total. The molecule has 0 bridgehead atoms. The monoisotopic (exact) mass is 372 g/mol. The highest BCUT2D eigenvalue weighted by atomic mass is 32.2. The van der Waals surface area contributed by atoms with Crippen molar-refractivity contribution in [1.29, 1.82) is 0 Å². The first-order valence-electron chi connectivity index (χ1n) is 7.11. The minimum Gasteiger partial charge on any atom is -0.326 e. The van der Waals surface area contributed by atoms with Gasteiger partial charge < -0.3 is 5.32 Å². The van der Waals surface area contributed by atoms with Crippen LogP contribution in [0, 0.1) is 0 Å². The van der Waals surface area contributed by atoms with Crippen molar-refractivity contribution in [3.63, 3.8) is 0 Å². The molecule has 0 unspecified atom stereocenters. The van der Waals surface area contributed by atoms with Gasteiger partial charge in [0.25, 0.3) is 0 Å². The minimum atomic E-state index is -4.49. The Morgan fingerprint density at radius 1 is 1.08 bits per heavy atom. The van der Waals surface area contributed by atoms with Crippen molar-refractivity contribution in [2.45, 2.75) is 24.5 Å². The summed E-state index contributed by atoms with van der Waals surface area (Å²) in [6, 6.07) is 9.84. The molecule has 0 heterocycles. The first kappa shape index (κ1) is 18.9. The number of carbonyl (C=O) groups excluding carboxylic acids is 1. The van der Waals surface area contributed by atoms with Crippen LogP contribution < -0.4 is 10.0 Å². The molecule has 0 spiro atoms. The van der Waals surface area contributed by atoms with Crippen LogP contribution in [0.4, 0.5) is 18.9 Å². The average molecular weight is 372 g/mol. The van der Waals surface area contributed by atoms with Gasteiger partial charge in [-0.05, 0) is 35.9 Å². The quantitative estimate of drug-likeness (QED) is 0.847. The zero-order valence-electron chi connectivity index (χ0n) is 13.1. The summed E-state index contributed by atoms with van der Waals surface area (Å²) in [6.45, 7) is 1.04. The Kier molecular flexibility index (Phi) is 5.48. The Hall–Kier alpha value is -2.39. The number of halogens is 3. The maximum Gasteiger partial charge on any atom is 0.416 e. The normalized spacial score (nSPS) is 12.0. The first-order chi connectivity index (χ1) is 11.6. The Morgan fingerprint density at radius 2 is 1.72 bits per heavy atom. The number of carbonyl (C=O) groups is 1. The van der Waals surface area contributed by atoms with E-state index in [4.69, 9.17) is 0 Å². The van der Waals surface area contributed by atoms with Gasteiger partial charge in [-0.25, -0.2) is 13.1 Å². The molecular formula is C16H15F3N2O3S. The third-order valence-electron chi connectivity index (χ3n) is 3.21. The zero-order chi connectivity index (χ0) is 18.7. The van der Waals surface area contributed by atoms with E-state index in [1.165, 1.54) is 43.3 Å². The standard InChI is InChI=1S/C16H15F3N2O3S/c1-11(22)21-14-5-7-15(8-6-14)25(23,24)20-10-12-3-2-4-13(9-12)16(17,18)19/h2-9,20H,10H2,1H3,(H,21,22). The van der Waals surface area contributed by atoms with Crippen LogP contribution >= 0.6 is 0 Å². The summed E-state index contributed by atoms with van der Waals surface area (Å²) in [5, 5.41) is 2.50. The molecule has 25 heavy (non-hydrogen) atoms. The van der Waals surface area contributed by atoms with E-state index in [0.29, 0.717) is 5.69 Å². The number of anilines is 1. The molecule has 0 radical (unpaired) electrons. The van der Waals surface area contributed by atoms with E-state index in [1.54, 1.807) is 0 Å². The van der Waals surface area contributed by atoms with E-state index in [-0.39, 0.29) is 22.9 Å². The highest BCUT2D eigenvalue weighted by Gasteiger charge is 2.30. The molecule has 2 rings (SSSR count). The Balaban J connectivity index is 2.10. The van der Waals surface area contributed by atoms with E-state index < -0.39 is 21.8 Å². The van der Waals surface area contributed by atoms with Crippen LogP contribution in [-0.2, 0) is 27.5 Å². The van der Waals surface area contributed by atoms with Gasteiger partial charge in [-0.15, -0.1) is 0 Å².